The van der Waals surface area contributed by atoms with Crippen molar-refractivity contribution in [3.63, 3.8) is 0 Å². The summed E-state index contributed by atoms with van der Waals surface area (Å²) in [6.07, 6.45) is 0. The number of nitriles is 1. The van der Waals surface area contributed by atoms with Crippen molar-refractivity contribution in [1.29, 1.82) is 5.26 Å². The van der Waals surface area contributed by atoms with Crippen LogP contribution in [0.4, 0.5) is 0 Å². The number of nitrogens with zero attached hydrogens (tertiary/aromatic N) is 1. The summed E-state index contributed by atoms with van der Waals surface area (Å²) >= 11 is 0. The molecule has 0 heterocycles. The summed E-state index contributed by atoms with van der Waals surface area (Å²) < 4.78 is 10.7. The van der Waals surface area contributed by atoms with Crippen molar-refractivity contribution in [3.8, 4) is 6.07 Å². The van der Waals surface area contributed by atoms with Crippen LogP contribution in [0.2, 0.25) is 0 Å². The number of hydrogen-bond donors (Lipinski definition) is 2. The zero-order valence-corrected chi connectivity index (χ0v) is 6.50. The lowest BCUT2D eigenvalue weighted by Crippen LogP contribution is -2.35. The third kappa shape index (κ3) is 4.47. The fourth-order valence-electron chi connectivity index (χ4n) is 0.402. The van der Waals surface area contributed by atoms with E-state index in [0.717, 1.165) is 0 Å². The molecular formula is C5H8N2O3S. The highest BCUT2D eigenvalue weighted by Crippen LogP contribution is 1.86. The van der Waals surface area contributed by atoms with Crippen LogP contribution >= 0.6 is 0 Å². The Bertz CT molecular complexity index is 210. The van der Waals surface area contributed by atoms with E-state index in [1.54, 1.807) is 6.07 Å². The summed E-state index contributed by atoms with van der Waals surface area (Å²) in [6.45, 7) is 0. The summed E-state index contributed by atoms with van der Waals surface area (Å²) in [6, 6.07) is 0.528. The monoisotopic (exact) mass is 176 g/mol. The molecule has 11 heavy (non-hydrogen) atoms. The Labute approximate surface area is 66.3 Å². The van der Waals surface area contributed by atoms with E-state index in [4.69, 9.17) is 16.1 Å². The van der Waals surface area contributed by atoms with E-state index in [0.29, 0.717) is 0 Å². The zero-order chi connectivity index (χ0) is 8.85. The predicted octanol–water partition coefficient (Wildman–Crippen LogP) is -1.33. The first kappa shape index (κ1) is 10.1. The summed E-state index contributed by atoms with van der Waals surface area (Å²) in [7, 11) is -1.44. The van der Waals surface area contributed by atoms with E-state index in [1.807, 2.05) is 0 Å². The topological polar surface area (TPSA) is 104 Å². The second kappa shape index (κ2) is 4.82. The molecule has 6 heteroatoms. The molecule has 62 valence electrons. The molecule has 5 nitrogen and oxygen atoms in total. The van der Waals surface area contributed by atoms with Crippen LogP contribution in [0.5, 0.6) is 0 Å². The molecule has 0 fully saturated rings. The molecule has 0 bridgehead atoms. The molecule has 0 aromatic rings. The lowest BCUT2D eigenvalue weighted by atomic mass is 10.4. The molecule has 0 saturated heterocycles. The Morgan fingerprint density at radius 1 is 1.82 bits per heavy atom. The Morgan fingerprint density at radius 2 is 2.36 bits per heavy atom. The molecule has 0 aromatic carbocycles. The SMILES string of the molecule is N#CC[S@@](=O)C[C@H](N)C(=O)O. The largest absolute Gasteiger partial charge is 0.480 e. The number of rotatable bonds is 4. The van der Waals surface area contributed by atoms with Crippen molar-refractivity contribution in [2.45, 2.75) is 6.04 Å². The molecule has 0 saturated carbocycles. The third-order valence-electron chi connectivity index (χ3n) is 0.908. The molecule has 0 unspecified atom stereocenters. The quantitative estimate of drug-likeness (QED) is 0.552. The van der Waals surface area contributed by atoms with Gasteiger partial charge in [0.05, 0.1) is 11.8 Å². The van der Waals surface area contributed by atoms with Crippen molar-refractivity contribution >= 4 is 16.8 Å². The minimum absolute atomic E-state index is 0.164. The molecule has 0 aliphatic carbocycles. The average molecular weight is 176 g/mol. The third-order valence-corrected chi connectivity index (χ3v) is 2.09. The van der Waals surface area contributed by atoms with E-state index in [2.05, 4.69) is 0 Å². The van der Waals surface area contributed by atoms with E-state index in [1.165, 1.54) is 0 Å². The lowest BCUT2D eigenvalue weighted by Gasteiger charge is -2.02. The number of hydrogen-bond acceptors (Lipinski definition) is 4. The van der Waals surface area contributed by atoms with Crippen LogP contribution in [0.1, 0.15) is 0 Å². The highest BCUT2D eigenvalue weighted by Gasteiger charge is 2.14. The number of carboxylic acids is 1. The Kier molecular flexibility index (Phi) is 4.41. The fourth-order valence-corrected chi connectivity index (χ4v) is 1.21. The van der Waals surface area contributed by atoms with Gasteiger partial charge in [-0.15, -0.1) is 0 Å². The fraction of sp³-hybridized carbons (Fsp3) is 0.600. The summed E-state index contributed by atoms with van der Waals surface area (Å²) in [5.74, 6) is -1.53. The summed E-state index contributed by atoms with van der Waals surface area (Å²) in [5, 5.41) is 16.3. The van der Waals surface area contributed by atoms with Crippen molar-refractivity contribution in [2.24, 2.45) is 5.73 Å². The Balaban J connectivity index is 3.77. The number of aliphatic carboxylic acids is 1. The predicted molar refractivity (Wildman–Crippen MR) is 39.1 cm³/mol. The molecule has 0 aliphatic rings. The molecule has 0 radical (unpaired) electrons. The number of nitrogens with two attached hydrogens (primary N) is 1. The smallest absolute Gasteiger partial charge is 0.321 e. The molecule has 0 spiro atoms. The highest BCUT2D eigenvalue weighted by molar-refractivity contribution is 7.85. The molecule has 0 rings (SSSR count). The average Bonchev–Trinajstić information content (AvgIpc) is 1.87. The van der Waals surface area contributed by atoms with Crippen LogP contribution in [-0.2, 0) is 15.6 Å². The number of carbonyl (C=O) groups is 1. The van der Waals surface area contributed by atoms with Gasteiger partial charge in [0.25, 0.3) is 0 Å². The molecule has 0 amide bonds. The highest BCUT2D eigenvalue weighted by atomic mass is 32.2. The maximum Gasteiger partial charge on any atom is 0.321 e. The first-order valence-corrected chi connectivity index (χ1v) is 4.27. The molecular weight excluding hydrogens is 168 g/mol. The van der Waals surface area contributed by atoms with Gasteiger partial charge in [0.2, 0.25) is 0 Å². The van der Waals surface area contributed by atoms with E-state index >= 15 is 0 Å². The van der Waals surface area contributed by atoms with Crippen LogP contribution in [0, 0.1) is 11.3 Å². The van der Waals surface area contributed by atoms with Gasteiger partial charge in [0, 0.05) is 10.8 Å². The van der Waals surface area contributed by atoms with E-state index in [-0.39, 0.29) is 11.5 Å². The second-order valence-corrected chi connectivity index (χ2v) is 3.36. The maximum absolute atomic E-state index is 10.7. The minimum atomic E-state index is -1.44. The van der Waals surface area contributed by atoms with Crippen LogP contribution < -0.4 is 5.73 Å². The van der Waals surface area contributed by atoms with Gasteiger partial charge in [-0.2, -0.15) is 5.26 Å². The van der Waals surface area contributed by atoms with Gasteiger partial charge >= 0.3 is 5.97 Å². The minimum Gasteiger partial charge on any atom is -0.480 e. The Hall–Kier alpha value is -0.930. The second-order valence-electron chi connectivity index (χ2n) is 1.85. The normalized spacial score (nSPS) is 14.9. The standard InChI is InChI=1S/C5H8N2O3S/c6-1-2-11(10)3-4(7)5(8)9/h4H,2-3,7H2,(H,8,9)/t4-,11+/m0/s1. The first-order valence-electron chi connectivity index (χ1n) is 2.78. The molecule has 3 N–H and O–H groups in total. The van der Waals surface area contributed by atoms with E-state index < -0.39 is 22.8 Å². The Morgan fingerprint density at radius 3 is 2.73 bits per heavy atom. The van der Waals surface area contributed by atoms with Gasteiger partial charge in [-0.05, 0) is 0 Å². The van der Waals surface area contributed by atoms with Crippen molar-refractivity contribution in [2.75, 3.05) is 11.5 Å². The van der Waals surface area contributed by atoms with Crippen molar-refractivity contribution < 1.29 is 14.1 Å². The molecule has 0 aliphatic heterocycles. The van der Waals surface area contributed by atoms with Crippen LogP contribution in [0.15, 0.2) is 0 Å². The van der Waals surface area contributed by atoms with Gasteiger partial charge in [0.1, 0.15) is 11.8 Å². The van der Waals surface area contributed by atoms with Crippen LogP contribution in [0.3, 0.4) is 0 Å². The number of carboxylic acid groups (broad SMARTS) is 1. The van der Waals surface area contributed by atoms with Gasteiger partial charge in [-0.1, -0.05) is 0 Å². The zero-order valence-electron chi connectivity index (χ0n) is 5.69. The molecule has 0 aromatic heterocycles. The van der Waals surface area contributed by atoms with Gasteiger partial charge in [-0.25, -0.2) is 0 Å². The van der Waals surface area contributed by atoms with Crippen molar-refractivity contribution in [1.82, 2.24) is 0 Å². The van der Waals surface area contributed by atoms with Gasteiger partial charge < -0.3 is 10.8 Å². The van der Waals surface area contributed by atoms with Crippen LogP contribution in [0.25, 0.3) is 0 Å². The van der Waals surface area contributed by atoms with Crippen molar-refractivity contribution in [3.05, 3.63) is 0 Å². The van der Waals surface area contributed by atoms with E-state index in [9.17, 15) is 9.00 Å². The van der Waals surface area contributed by atoms with Gasteiger partial charge in [0.15, 0.2) is 0 Å². The lowest BCUT2D eigenvalue weighted by molar-refractivity contribution is -0.137. The summed E-state index contributed by atoms with van der Waals surface area (Å²) in [4.78, 5) is 10.1. The van der Waals surface area contributed by atoms with Gasteiger partial charge in [-0.3, -0.25) is 9.00 Å². The van der Waals surface area contributed by atoms with Crippen LogP contribution in [-0.4, -0.2) is 32.8 Å². The summed E-state index contributed by atoms with van der Waals surface area (Å²) in [5.41, 5.74) is 5.05. The molecule has 2 atom stereocenters. The maximum atomic E-state index is 10.7. The first-order chi connectivity index (χ1) is 5.07.